The van der Waals surface area contributed by atoms with Gasteiger partial charge < -0.3 is 16.8 Å². The van der Waals surface area contributed by atoms with E-state index in [1.165, 1.54) is 11.3 Å². The van der Waals surface area contributed by atoms with E-state index in [0.29, 0.717) is 27.7 Å². The summed E-state index contributed by atoms with van der Waals surface area (Å²) in [6, 6.07) is 7.06. The van der Waals surface area contributed by atoms with Gasteiger partial charge in [0.2, 0.25) is 5.91 Å². The first-order chi connectivity index (χ1) is 10.5. The molecule has 0 aliphatic carbocycles. The number of nitrogens with one attached hydrogen (secondary N) is 1. The van der Waals surface area contributed by atoms with E-state index in [-0.39, 0.29) is 11.8 Å². The lowest BCUT2D eigenvalue weighted by Crippen LogP contribution is -2.44. The largest absolute Gasteiger partial charge is 0.375 e. The van der Waals surface area contributed by atoms with Gasteiger partial charge in [-0.15, -0.1) is 0 Å². The summed E-state index contributed by atoms with van der Waals surface area (Å²) in [7, 11) is 0. The highest BCUT2D eigenvalue weighted by atomic mass is 32.1. The van der Waals surface area contributed by atoms with E-state index in [9.17, 15) is 9.59 Å². The van der Waals surface area contributed by atoms with Crippen molar-refractivity contribution in [1.29, 1.82) is 0 Å². The lowest BCUT2D eigenvalue weighted by atomic mass is 9.98. The van der Waals surface area contributed by atoms with Crippen molar-refractivity contribution >= 4 is 28.2 Å². The summed E-state index contributed by atoms with van der Waals surface area (Å²) in [6.45, 7) is 0.949. The van der Waals surface area contributed by atoms with Gasteiger partial charge in [-0.1, -0.05) is 23.5 Å². The van der Waals surface area contributed by atoms with Crippen molar-refractivity contribution in [3.05, 3.63) is 35.5 Å². The Morgan fingerprint density at radius 1 is 1.41 bits per heavy atom. The molecule has 5 N–H and O–H groups in total. The summed E-state index contributed by atoms with van der Waals surface area (Å²) in [5, 5.41) is 3.54. The smallest absolute Gasteiger partial charge is 0.248 e. The molecule has 2 heterocycles. The second-order valence-electron chi connectivity index (χ2n) is 5.24. The minimum absolute atomic E-state index is 0.0374. The lowest BCUT2D eigenvalue weighted by molar-refractivity contribution is 0.0951. The van der Waals surface area contributed by atoms with Gasteiger partial charge in [-0.25, -0.2) is 4.98 Å². The molecule has 6 nitrogen and oxygen atoms in total. The maximum atomic E-state index is 12.4. The van der Waals surface area contributed by atoms with Gasteiger partial charge in [0, 0.05) is 18.0 Å². The van der Waals surface area contributed by atoms with Gasteiger partial charge >= 0.3 is 0 Å². The number of amides is 1. The summed E-state index contributed by atoms with van der Waals surface area (Å²) < 4.78 is 0. The normalized spacial score (nSPS) is 17.0. The number of primary amides is 1. The van der Waals surface area contributed by atoms with E-state index < -0.39 is 5.91 Å². The molecule has 1 aliphatic heterocycles. The SMILES string of the molecule is NC(=O)c1cccc(-c2sc(N)nc2C(=O)CC2CCN2)c1. The molecule has 1 aromatic carbocycles. The third-order valence-corrected chi connectivity index (χ3v) is 4.61. The molecule has 3 rings (SSSR count). The fourth-order valence-corrected chi connectivity index (χ4v) is 3.23. The van der Waals surface area contributed by atoms with E-state index in [0.717, 1.165) is 18.5 Å². The Labute approximate surface area is 131 Å². The van der Waals surface area contributed by atoms with E-state index >= 15 is 0 Å². The molecule has 0 spiro atoms. The standard InChI is InChI=1S/C15H16N4O2S/c16-14(21)9-3-1-2-8(6-9)13-12(19-15(17)22-13)11(20)7-10-4-5-18-10/h1-3,6,10,18H,4-5,7H2,(H2,16,21)(H2,17,19). The van der Waals surface area contributed by atoms with Gasteiger partial charge in [0.15, 0.2) is 10.9 Å². The zero-order valence-corrected chi connectivity index (χ0v) is 12.7. The van der Waals surface area contributed by atoms with Crippen LogP contribution in [0.2, 0.25) is 0 Å². The Hall–Kier alpha value is -2.25. The molecule has 1 atom stereocenters. The van der Waals surface area contributed by atoms with Gasteiger partial charge in [-0.3, -0.25) is 9.59 Å². The average molecular weight is 316 g/mol. The van der Waals surface area contributed by atoms with Crippen molar-refractivity contribution in [2.45, 2.75) is 18.9 Å². The summed E-state index contributed by atoms with van der Waals surface area (Å²) in [5.74, 6) is -0.546. The summed E-state index contributed by atoms with van der Waals surface area (Å²) in [5.41, 5.74) is 12.6. The number of ketones is 1. The van der Waals surface area contributed by atoms with Crippen LogP contribution in [0.15, 0.2) is 24.3 Å². The molecule has 1 fully saturated rings. The second-order valence-corrected chi connectivity index (χ2v) is 6.27. The predicted octanol–water partition coefficient (Wildman–Crippen LogP) is 1.43. The topological polar surface area (TPSA) is 111 Å². The Morgan fingerprint density at radius 2 is 2.18 bits per heavy atom. The number of hydrogen-bond acceptors (Lipinski definition) is 6. The van der Waals surface area contributed by atoms with Crippen molar-refractivity contribution in [2.75, 3.05) is 12.3 Å². The van der Waals surface area contributed by atoms with Crippen molar-refractivity contribution < 1.29 is 9.59 Å². The molecule has 1 aliphatic rings. The first-order valence-electron chi connectivity index (χ1n) is 6.97. The van der Waals surface area contributed by atoms with Crippen LogP contribution in [-0.4, -0.2) is 29.3 Å². The molecule has 2 aromatic rings. The first-order valence-corrected chi connectivity index (χ1v) is 7.79. The van der Waals surface area contributed by atoms with E-state index in [2.05, 4.69) is 10.3 Å². The van der Waals surface area contributed by atoms with Crippen LogP contribution >= 0.6 is 11.3 Å². The summed E-state index contributed by atoms with van der Waals surface area (Å²) in [6.07, 6.45) is 1.41. The fraction of sp³-hybridized carbons (Fsp3) is 0.267. The Balaban J connectivity index is 1.94. The molecule has 1 saturated heterocycles. The molecule has 0 radical (unpaired) electrons. The molecule has 1 unspecified atom stereocenters. The third kappa shape index (κ3) is 2.86. The van der Waals surface area contributed by atoms with Crippen molar-refractivity contribution in [3.63, 3.8) is 0 Å². The van der Waals surface area contributed by atoms with Crippen LogP contribution < -0.4 is 16.8 Å². The number of nitrogen functional groups attached to an aromatic ring is 1. The Bertz CT molecular complexity index is 737. The number of carbonyl (C=O) groups is 2. The molecular formula is C15H16N4O2S. The number of nitrogens with two attached hydrogens (primary N) is 2. The highest BCUT2D eigenvalue weighted by Crippen LogP contribution is 2.33. The van der Waals surface area contributed by atoms with E-state index in [1.54, 1.807) is 18.2 Å². The summed E-state index contributed by atoms with van der Waals surface area (Å²) >= 11 is 1.24. The number of Topliss-reactive ketones (excluding diaryl/α,β-unsaturated/α-hetero) is 1. The Kier molecular flexibility index (Phi) is 3.91. The van der Waals surface area contributed by atoms with Crippen LogP contribution in [0.4, 0.5) is 5.13 Å². The van der Waals surface area contributed by atoms with Gasteiger partial charge in [0.1, 0.15) is 5.69 Å². The molecular weight excluding hydrogens is 300 g/mol. The van der Waals surface area contributed by atoms with Gasteiger partial charge in [-0.2, -0.15) is 0 Å². The average Bonchev–Trinajstić information content (AvgIpc) is 2.85. The number of benzene rings is 1. The molecule has 0 bridgehead atoms. The van der Waals surface area contributed by atoms with Crippen LogP contribution in [0.5, 0.6) is 0 Å². The van der Waals surface area contributed by atoms with Gasteiger partial charge in [-0.05, 0) is 30.7 Å². The van der Waals surface area contributed by atoms with Crippen LogP contribution in [0.3, 0.4) is 0 Å². The van der Waals surface area contributed by atoms with E-state index in [1.807, 2.05) is 6.07 Å². The zero-order chi connectivity index (χ0) is 15.7. The van der Waals surface area contributed by atoms with Crippen molar-refractivity contribution in [3.8, 4) is 10.4 Å². The van der Waals surface area contributed by atoms with Crippen LogP contribution in [0.1, 0.15) is 33.7 Å². The van der Waals surface area contributed by atoms with E-state index in [4.69, 9.17) is 11.5 Å². The molecule has 114 valence electrons. The van der Waals surface area contributed by atoms with Crippen LogP contribution in [-0.2, 0) is 0 Å². The maximum absolute atomic E-state index is 12.4. The van der Waals surface area contributed by atoms with Crippen molar-refractivity contribution in [2.24, 2.45) is 5.73 Å². The molecule has 1 amide bonds. The monoisotopic (exact) mass is 316 g/mol. The fourth-order valence-electron chi connectivity index (χ4n) is 2.38. The van der Waals surface area contributed by atoms with Crippen molar-refractivity contribution in [1.82, 2.24) is 10.3 Å². The van der Waals surface area contributed by atoms with Crippen LogP contribution in [0, 0.1) is 0 Å². The Morgan fingerprint density at radius 3 is 2.82 bits per heavy atom. The number of anilines is 1. The van der Waals surface area contributed by atoms with Crippen LogP contribution in [0.25, 0.3) is 10.4 Å². The summed E-state index contributed by atoms with van der Waals surface area (Å²) in [4.78, 5) is 28.6. The quantitative estimate of drug-likeness (QED) is 0.723. The number of thiazole rings is 1. The first kappa shape index (κ1) is 14.7. The predicted molar refractivity (Wildman–Crippen MR) is 85.8 cm³/mol. The number of nitrogens with zero attached hydrogens (tertiary/aromatic N) is 1. The number of hydrogen-bond donors (Lipinski definition) is 3. The molecule has 7 heteroatoms. The highest BCUT2D eigenvalue weighted by Gasteiger charge is 2.25. The highest BCUT2D eigenvalue weighted by molar-refractivity contribution is 7.19. The molecule has 22 heavy (non-hydrogen) atoms. The number of rotatable bonds is 5. The minimum Gasteiger partial charge on any atom is -0.375 e. The van der Waals surface area contributed by atoms with Gasteiger partial charge in [0.05, 0.1) is 4.88 Å². The molecule has 0 saturated carbocycles. The third-order valence-electron chi connectivity index (χ3n) is 3.67. The zero-order valence-electron chi connectivity index (χ0n) is 11.8. The minimum atomic E-state index is -0.508. The van der Waals surface area contributed by atoms with Gasteiger partial charge in [0.25, 0.3) is 0 Å². The number of carbonyl (C=O) groups excluding carboxylic acids is 2. The maximum Gasteiger partial charge on any atom is 0.248 e. The second kappa shape index (κ2) is 5.86. The number of aromatic nitrogens is 1. The lowest BCUT2D eigenvalue weighted by Gasteiger charge is -2.26. The molecule has 1 aromatic heterocycles.